The van der Waals surface area contributed by atoms with E-state index in [0.29, 0.717) is 17.3 Å². The number of hydrogen-bond donors (Lipinski definition) is 1. The Kier molecular flexibility index (Phi) is 6.99. The molecule has 34 heavy (non-hydrogen) atoms. The maximum atomic E-state index is 14.7. The number of unbranched alkanes of at least 4 members (excludes halogenated alkanes) is 1. The number of aliphatic hydroxyl groups is 1. The smallest absolute Gasteiger partial charge is 0.373 e. The molecule has 4 rings (SSSR count). The molecular formula is C24H30FNO8. The molecule has 0 radical (unpaired) electrons. The molecule has 1 aromatic carbocycles. The van der Waals surface area contributed by atoms with Crippen LogP contribution in [0.5, 0.6) is 11.5 Å². The number of benzene rings is 1. The summed E-state index contributed by atoms with van der Waals surface area (Å²) in [7, 11) is 2.49. The summed E-state index contributed by atoms with van der Waals surface area (Å²) in [6, 6.07) is 3.63. The lowest BCUT2D eigenvalue weighted by molar-refractivity contribution is -0.198. The van der Waals surface area contributed by atoms with E-state index in [0.717, 1.165) is 50.6 Å². The van der Waals surface area contributed by atoms with Crippen molar-refractivity contribution in [2.75, 3.05) is 34.1 Å². The highest BCUT2D eigenvalue weighted by molar-refractivity contribution is 5.84. The topological polar surface area (TPSA) is 104 Å². The Morgan fingerprint density at radius 3 is 2.68 bits per heavy atom. The highest BCUT2D eigenvalue weighted by Crippen LogP contribution is 2.47. The van der Waals surface area contributed by atoms with Crippen LogP contribution in [0, 0.1) is 0 Å². The van der Waals surface area contributed by atoms with E-state index in [1.807, 2.05) is 18.2 Å². The van der Waals surface area contributed by atoms with Crippen LogP contribution in [-0.4, -0.2) is 74.0 Å². The number of halogens is 1. The lowest BCUT2D eigenvalue weighted by atomic mass is 9.87. The first-order valence-electron chi connectivity index (χ1n) is 11.4. The van der Waals surface area contributed by atoms with Crippen LogP contribution in [0.3, 0.4) is 0 Å². The van der Waals surface area contributed by atoms with Crippen LogP contribution < -0.4 is 9.47 Å². The second kappa shape index (κ2) is 9.79. The molecule has 3 aliphatic rings. The van der Waals surface area contributed by atoms with E-state index in [2.05, 4.69) is 16.6 Å². The van der Waals surface area contributed by atoms with Gasteiger partial charge in [-0.25, -0.2) is 4.79 Å². The minimum Gasteiger partial charge on any atom is -0.497 e. The Hall–Kier alpha value is -2.85. The van der Waals surface area contributed by atoms with Crippen molar-refractivity contribution in [2.24, 2.45) is 0 Å². The van der Waals surface area contributed by atoms with Crippen molar-refractivity contribution in [1.29, 1.82) is 0 Å². The SMILES string of the molecule is CCCCN1CCc2cc3c(cc2[C@@H]2[C@H](OC(=O)[C@@](O)(F)CC(=O)OC)C(OC)=C[C@@H]21)OCO3. The number of rotatable bonds is 8. The van der Waals surface area contributed by atoms with Crippen molar-refractivity contribution in [2.45, 2.75) is 56.5 Å². The number of esters is 2. The molecule has 0 aromatic heterocycles. The Morgan fingerprint density at radius 2 is 2.00 bits per heavy atom. The minimum absolute atomic E-state index is 0.122. The zero-order valence-corrected chi connectivity index (χ0v) is 19.5. The van der Waals surface area contributed by atoms with E-state index in [4.69, 9.17) is 18.9 Å². The van der Waals surface area contributed by atoms with Crippen molar-refractivity contribution in [1.82, 2.24) is 4.90 Å². The molecule has 4 atom stereocenters. The predicted molar refractivity (Wildman–Crippen MR) is 117 cm³/mol. The summed E-state index contributed by atoms with van der Waals surface area (Å²) in [5.74, 6) is -5.02. The second-order valence-electron chi connectivity index (χ2n) is 8.67. The van der Waals surface area contributed by atoms with Gasteiger partial charge in [-0.3, -0.25) is 9.69 Å². The van der Waals surface area contributed by atoms with Gasteiger partial charge in [0.1, 0.15) is 12.2 Å². The number of ether oxygens (including phenoxy) is 5. The van der Waals surface area contributed by atoms with Gasteiger partial charge in [0, 0.05) is 18.5 Å². The second-order valence-corrected chi connectivity index (χ2v) is 8.67. The van der Waals surface area contributed by atoms with Crippen LogP contribution in [0.15, 0.2) is 24.0 Å². The number of nitrogens with zero attached hydrogens (tertiary/aromatic N) is 1. The summed E-state index contributed by atoms with van der Waals surface area (Å²) in [5.41, 5.74) is 1.89. The molecule has 0 bridgehead atoms. The minimum atomic E-state index is -3.53. The summed E-state index contributed by atoms with van der Waals surface area (Å²) < 4.78 is 41.3. The van der Waals surface area contributed by atoms with E-state index in [1.54, 1.807) is 0 Å². The average Bonchev–Trinajstić information content (AvgIpc) is 3.38. The summed E-state index contributed by atoms with van der Waals surface area (Å²) in [6.45, 7) is 3.82. The highest BCUT2D eigenvalue weighted by Gasteiger charge is 2.50. The molecule has 1 aromatic rings. The number of carbonyl (C=O) groups excluding carboxylic acids is 2. The van der Waals surface area contributed by atoms with Crippen LogP contribution in [0.25, 0.3) is 0 Å². The molecule has 0 saturated heterocycles. The fraction of sp³-hybridized carbons (Fsp3) is 0.583. The molecule has 0 spiro atoms. The van der Waals surface area contributed by atoms with Crippen molar-refractivity contribution in [3.63, 3.8) is 0 Å². The first kappa shape index (κ1) is 24.3. The highest BCUT2D eigenvalue weighted by atomic mass is 19.2. The number of fused-ring (bicyclic) bond motifs is 4. The van der Waals surface area contributed by atoms with Crippen molar-refractivity contribution in [3.8, 4) is 11.5 Å². The maximum Gasteiger partial charge on any atom is 0.373 e. The van der Waals surface area contributed by atoms with Crippen LogP contribution >= 0.6 is 0 Å². The molecule has 0 fully saturated rings. The van der Waals surface area contributed by atoms with Gasteiger partial charge < -0.3 is 28.8 Å². The van der Waals surface area contributed by atoms with Crippen LogP contribution in [0.2, 0.25) is 0 Å². The third-order valence-corrected chi connectivity index (χ3v) is 6.58. The molecule has 0 amide bonds. The van der Waals surface area contributed by atoms with Crippen LogP contribution in [0.1, 0.15) is 43.2 Å². The monoisotopic (exact) mass is 479 g/mol. The molecule has 1 aliphatic carbocycles. The summed E-state index contributed by atoms with van der Waals surface area (Å²) in [6.07, 6.45) is 2.44. The molecule has 9 nitrogen and oxygen atoms in total. The van der Waals surface area contributed by atoms with Crippen LogP contribution in [-0.2, 0) is 30.2 Å². The largest absolute Gasteiger partial charge is 0.497 e. The van der Waals surface area contributed by atoms with Gasteiger partial charge >= 0.3 is 17.8 Å². The molecule has 1 N–H and O–H groups in total. The van der Waals surface area contributed by atoms with Gasteiger partial charge in [0.15, 0.2) is 17.6 Å². The number of methoxy groups -OCH3 is 2. The van der Waals surface area contributed by atoms with Gasteiger partial charge in [-0.15, -0.1) is 0 Å². The van der Waals surface area contributed by atoms with Gasteiger partial charge in [-0.1, -0.05) is 13.3 Å². The third-order valence-electron chi connectivity index (χ3n) is 6.58. The molecule has 2 heterocycles. The van der Waals surface area contributed by atoms with Gasteiger partial charge in [-0.05, 0) is 48.7 Å². The Bertz CT molecular complexity index is 978. The van der Waals surface area contributed by atoms with Crippen molar-refractivity contribution < 1.29 is 42.8 Å². The van der Waals surface area contributed by atoms with E-state index >= 15 is 0 Å². The van der Waals surface area contributed by atoms with Crippen molar-refractivity contribution in [3.05, 3.63) is 35.1 Å². The lowest BCUT2D eigenvalue weighted by Gasteiger charge is -2.32. The fourth-order valence-corrected chi connectivity index (χ4v) is 4.82. The molecule has 10 heteroatoms. The normalized spacial score (nSPS) is 24.9. The van der Waals surface area contributed by atoms with Gasteiger partial charge in [-0.2, -0.15) is 4.39 Å². The number of alkyl halides is 1. The molecular weight excluding hydrogens is 449 g/mol. The van der Waals surface area contributed by atoms with Gasteiger partial charge in [0.25, 0.3) is 0 Å². The predicted octanol–water partition coefficient (Wildman–Crippen LogP) is 2.20. The number of hydrogen-bond acceptors (Lipinski definition) is 9. The summed E-state index contributed by atoms with van der Waals surface area (Å²) >= 11 is 0. The Balaban J connectivity index is 1.70. The maximum absolute atomic E-state index is 14.7. The third kappa shape index (κ3) is 4.56. The Morgan fingerprint density at radius 1 is 1.26 bits per heavy atom. The van der Waals surface area contributed by atoms with E-state index in [1.165, 1.54) is 7.11 Å². The first-order chi connectivity index (χ1) is 16.3. The fourth-order valence-electron chi connectivity index (χ4n) is 4.82. The van der Waals surface area contributed by atoms with E-state index in [9.17, 15) is 19.1 Å². The standard InChI is InChI=1S/C24H30FNO8/c1-4-5-7-26-8-6-14-9-17-18(33-13-32-17)10-15(14)21-16(26)11-19(30-2)22(21)34-23(28)24(25,29)12-20(27)31-3/h9-11,16,21-22,29H,4-8,12-13H2,1-3H3/t16-,21-,22+,24+/m0/s1. The molecule has 186 valence electrons. The number of carbonyl (C=O) groups is 2. The zero-order valence-electron chi connectivity index (χ0n) is 19.5. The van der Waals surface area contributed by atoms with E-state index in [-0.39, 0.29) is 12.8 Å². The zero-order chi connectivity index (χ0) is 24.5. The summed E-state index contributed by atoms with van der Waals surface area (Å²) in [4.78, 5) is 26.4. The quantitative estimate of drug-likeness (QED) is 0.562. The lowest BCUT2D eigenvalue weighted by Crippen LogP contribution is -2.43. The summed E-state index contributed by atoms with van der Waals surface area (Å²) in [5, 5.41) is 10.00. The van der Waals surface area contributed by atoms with Gasteiger partial charge in [0.05, 0.1) is 14.2 Å². The molecule has 2 aliphatic heterocycles. The van der Waals surface area contributed by atoms with Crippen molar-refractivity contribution >= 4 is 11.9 Å². The average molecular weight is 480 g/mol. The van der Waals surface area contributed by atoms with E-state index < -0.39 is 36.2 Å². The first-order valence-corrected chi connectivity index (χ1v) is 11.4. The molecule has 0 saturated carbocycles. The van der Waals surface area contributed by atoms with Gasteiger partial charge in [0.2, 0.25) is 6.79 Å². The Labute approximate surface area is 197 Å². The van der Waals surface area contributed by atoms with Crippen LogP contribution in [0.4, 0.5) is 4.39 Å². The molecule has 0 unspecified atom stereocenters.